The van der Waals surface area contributed by atoms with Crippen LogP contribution in [0, 0.1) is 0 Å². The van der Waals surface area contributed by atoms with Crippen LogP contribution in [0.15, 0.2) is 60.7 Å². The van der Waals surface area contributed by atoms with Crippen molar-refractivity contribution >= 4 is 23.7 Å². The molecule has 2 fully saturated rings. The van der Waals surface area contributed by atoms with Crippen LogP contribution in [-0.2, 0) is 23.7 Å². The molecule has 0 amide bonds. The van der Waals surface area contributed by atoms with Crippen LogP contribution < -0.4 is 0 Å². The lowest BCUT2D eigenvalue weighted by molar-refractivity contribution is -0.170. The molecule has 0 spiro atoms. The van der Waals surface area contributed by atoms with Gasteiger partial charge < -0.3 is 23.7 Å². The van der Waals surface area contributed by atoms with Gasteiger partial charge in [-0.1, -0.05) is 43.3 Å². The van der Waals surface area contributed by atoms with Crippen molar-refractivity contribution < 1.29 is 33.3 Å². The van der Waals surface area contributed by atoms with E-state index < -0.39 is 47.6 Å². The Hall–Kier alpha value is -2.39. The van der Waals surface area contributed by atoms with Crippen molar-refractivity contribution in [2.45, 2.75) is 56.4 Å². The average molecular weight is 473 g/mol. The molecule has 2 saturated heterocycles. The Labute approximate surface area is 197 Å². The molecule has 4 rings (SSSR count). The van der Waals surface area contributed by atoms with E-state index in [-0.39, 0.29) is 6.61 Å². The number of carbonyl (C=O) groups excluding carboxylic acids is 2. The molecule has 0 bridgehead atoms. The standard InChI is InChI=1S/C25H28O7S/c1-4-33-24-21(30-23(27)17-13-9-6-10-14-17)20-19(31-25(2,3)32-20)18(29-24)15-28-22(26)16-11-7-5-8-12-16/h5-14,18-21,24H,4,15H2,1-3H3/t18-,19+,20+,21-,24+/m1/s1. The summed E-state index contributed by atoms with van der Waals surface area (Å²) in [4.78, 5) is 25.3. The first-order valence-corrected chi connectivity index (χ1v) is 12.0. The average Bonchev–Trinajstić information content (AvgIpc) is 3.15. The minimum Gasteiger partial charge on any atom is -0.459 e. The third-order valence-electron chi connectivity index (χ3n) is 5.40. The number of hydrogen-bond donors (Lipinski definition) is 0. The molecule has 33 heavy (non-hydrogen) atoms. The van der Waals surface area contributed by atoms with Gasteiger partial charge in [0.25, 0.3) is 0 Å². The van der Waals surface area contributed by atoms with Crippen LogP contribution in [0.25, 0.3) is 0 Å². The molecule has 7 nitrogen and oxygen atoms in total. The van der Waals surface area contributed by atoms with Crippen molar-refractivity contribution in [1.29, 1.82) is 0 Å². The highest BCUT2D eigenvalue weighted by Crippen LogP contribution is 2.41. The van der Waals surface area contributed by atoms with Gasteiger partial charge in [-0.15, -0.1) is 11.8 Å². The Morgan fingerprint density at radius 3 is 2.09 bits per heavy atom. The highest BCUT2D eigenvalue weighted by Gasteiger charge is 2.57. The van der Waals surface area contributed by atoms with Crippen molar-refractivity contribution in [1.82, 2.24) is 0 Å². The number of esters is 2. The maximum atomic E-state index is 12.8. The van der Waals surface area contributed by atoms with E-state index in [2.05, 4.69) is 0 Å². The number of benzene rings is 2. The molecule has 0 saturated carbocycles. The summed E-state index contributed by atoms with van der Waals surface area (Å²) in [6.07, 6.45) is -2.38. The van der Waals surface area contributed by atoms with Crippen molar-refractivity contribution in [3.63, 3.8) is 0 Å². The molecular formula is C25H28O7S. The first-order chi connectivity index (χ1) is 15.9. The molecule has 2 aliphatic heterocycles. The first kappa shape index (κ1) is 23.8. The number of ether oxygens (including phenoxy) is 5. The summed E-state index contributed by atoms with van der Waals surface area (Å²) in [7, 11) is 0. The Morgan fingerprint density at radius 1 is 0.909 bits per heavy atom. The minimum absolute atomic E-state index is 0.00550. The lowest BCUT2D eigenvalue weighted by atomic mass is 10.00. The largest absolute Gasteiger partial charge is 0.459 e. The highest BCUT2D eigenvalue weighted by atomic mass is 32.2. The van der Waals surface area contributed by atoms with Gasteiger partial charge in [0.1, 0.15) is 30.4 Å². The van der Waals surface area contributed by atoms with Crippen LogP contribution in [0.2, 0.25) is 0 Å². The fourth-order valence-corrected chi connectivity index (χ4v) is 4.93. The number of fused-ring (bicyclic) bond motifs is 1. The van der Waals surface area contributed by atoms with Crippen molar-refractivity contribution in [2.75, 3.05) is 12.4 Å². The molecule has 2 aromatic carbocycles. The number of hydrogen-bond acceptors (Lipinski definition) is 8. The molecular weight excluding hydrogens is 444 g/mol. The van der Waals surface area contributed by atoms with Gasteiger partial charge in [-0.25, -0.2) is 9.59 Å². The number of carbonyl (C=O) groups is 2. The maximum absolute atomic E-state index is 12.8. The summed E-state index contributed by atoms with van der Waals surface area (Å²) in [5.74, 6) is -1.05. The summed E-state index contributed by atoms with van der Waals surface area (Å²) in [5, 5.41) is 0. The minimum atomic E-state index is -0.899. The van der Waals surface area contributed by atoms with Gasteiger partial charge in [-0.3, -0.25) is 0 Å². The Bertz CT molecular complexity index is 950. The van der Waals surface area contributed by atoms with Crippen molar-refractivity contribution in [2.24, 2.45) is 0 Å². The summed E-state index contributed by atoms with van der Waals surface area (Å²) < 4.78 is 30.0. The molecule has 2 aromatic rings. The predicted octanol–water partition coefficient (Wildman–Crippen LogP) is 4.07. The molecule has 2 heterocycles. The normalized spacial score (nSPS) is 28.0. The molecule has 2 aliphatic rings. The predicted molar refractivity (Wildman–Crippen MR) is 123 cm³/mol. The SMILES string of the molecule is CCS[C@@H]1O[C@H](COC(=O)c2ccccc2)[C@@H]2OC(C)(C)O[C@@H]2[C@H]1OC(=O)c1ccccc1. The molecule has 0 unspecified atom stereocenters. The third kappa shape index (κ3) is 5.58. The molecule has 0 aromatic heterocycles. The van der Waals surface area contributed by atoms with E-state index in [4.69, 9.17) is 23.7 Å². The second kappa shape index (κ2) is 10.3. The fraction of sp³-hybridized carbons (Fsp3) is 0.440. The summed E-state index contributed by atoms with van der Waals surface area (Å²) >= 11 is 1.51. The van der Waals surface area contributed by atoms with E-state index in [9.17, 15) is 9.59 Å². The van der Waals surface area contributed by atoms with E-state index in [1.807, 2.05) is 19.1 Å². The van der Waals surface area contributed by atoms with E-state index in [0.717, 1.165) is 5.75 Å². The molecule has 176 valence electrons. The molecule has 0 radical (unpaired) electrons. The lowest BCUT2D eigenvalue weighted by Crippen LogP contribution is -2.58. The second-order valence-electron chi connectivity index (χ2n) is 8.26. The van der Waals surface area contributed by atoms with E-state index in [1.54, 1.807) is 62.4 Å². The van der Waals surface area contributed by atoms with Crippen molar-refractivity contribution in [3.05, 3.63) is 71.8 Å². The quantitative estimate of drug-likeness (QED) is 0.558. The van der Waals surface area contributed by atoms with Gasteiger partial charge in [0.05, 0.1) is 11.1 Å². The third-order valence-corrected chi connectivity index (χ3v) is 6.44. The molecule has 8 heteroatoms. The van der Waals surface area contributed by atoms with Crippen LogP contribution in [0.3, 0.4) is 0 Å². The van der Waals surface area contributed by atoms with Crippen LogP contribution in [-0.4, -0.2) is 59.9 Å². The van der Waals surface area contributed by atoms with Crippen LogP contribution in [0.4, 0.5) is 0 Å². The van der Waals surface area contributed by atoms with E-state index >= 15 is 0 Å². The van der Waals surface area contributed by atoms with Crippen LogP contribution in [0.1, 0.15) is 41.5 Å². The van der Waals surface area contributed by atoms with Gasteiger partial charge in [-0.05, 0) is 43.9 Å². The summed E-state index contributed by atoms with van der Waals surface area (Å²) in [6.45, 7) is 5.60. The van der Waals surface area contributed by atoms with Crippen molar-refractivity contribution in [3.8, 4) is 0 Å². The van der Waals surface area contributed by atoms with Gasteiger partial charge >= 0.3 is 11.9 Å². The molecule has 0 aliphatic carbocycles. The van der Waals surface area contributed by atoms with E-state index in [1.165, 1.54) is 11.8 Å². The lowest BCUT2D eigenvalue weighted by Gasteiger charge is -2.41. The van der Waals surface area contributed by atoms with Gasteiger partial charge in [0.15, 0.2) is 11.9 Å². The number of thioether (sulfide) groups is 1. The molecule has 5 atom stereocenters. The zero-order valence-corrected chi connectivity index (χ0v) is 19.7. The summed E-state index contributed by atoms with van der Waals surface area (Å²) in [6, 6.07) is 17.6. The smallest absolute Gasteiger partial charge is 0.338 e. The Morgan fingerprint density at radius 2 is 1.48 bits per heavy atom. The zero-order valence-electron chi connectivity index (χ0n) is 18.8. The zero-order chi connectivity index (χ0) is 23.4. The van der Waals surface area contributed by atoms with Gasteiger partial charge in [0, 0.05) is 0 Å². The number of rotatable bonds is 7. The molecule has 0 N–H and O–H groups in total. The summed E-state index contributed by atoms with van der Waals surface area (Å²) in [5.41, 5.74) is 0.413. The Kier molecular flexibility index (Phi) is 7.38. The van der Waals surface area contributed by atoms with Gasteiger partial charge in [-0.2, -0.15) is 0 Å². The highest BCUT2D eigenvalue weighted by molar-refractivity contribution is 7.99. The van der Waals surface area contributed by atoms with Crippen LogP contribution in [0.5, 0.6) is 0 Å². The topological polar surface area (TPSA) is 80.3 Å². The maximum Gasteiger partial charge on any atom is 0.338 e. The Balaban J connectivity index is 1.52. The first-order valence-electron chi connectivity index (χ1n) is 11.0. The fourth-order valence-electron chi connectivity index (χ4n) is 3.98. The second-order valence-corrected chi connectivity index (χ2v) is 9.64. The van der Waals surface area contributed by atoms with E-state index in [0.29, 0.717) is 11.1 Å². The van der Waals surface area contributed by atoms with Crippen LogP contribution >= 0.6 is 11.8 Å². The monoisotopic (exact) mass is 472 g/mol. The van der Waals surface area contributed by atoms with Gasteiger partial charge in [0.2, 0.25) is 0 Å².